The Bertz CT molecular complexity index is 896. The van der Waals surface area contributed by atoms with Gasteiger partial charge in [0.25, 0.3) is 5.91 Å². The maximum Gasteiger partial charge on any atom is 0.251 e. The molecule has 0 radical (unpaired) electrons. The summed E-state index contributed by atoms with van der Waals surface area (Å²) in [5, 5.41) is 7.90. The molecule has 2 aromatic carbocycles. The van der Waals surface area contributed by atoms with Crippen molar-refractivity contribution in [3.05, 3.63) is 59.7 Å². The van der Waals surface area contributed by atoms with Gasteiger partial charge in [0.2, 0.25) is 10.0 Å². The van der Waals surface area contributed by atoms with Crippen LogP contribution in [-0.4, -0.2) is 40.6 Å². The van der Waals surface area contributed by atoms with Crippen LogP contribution in [0, 0.1) is 0 Å². The Labute approximate surface area is 159 Å². The van der Waals surface area contributed by atoms with E-state index in [4.69, 9.17) is 9.88 Å². The van der Waals surface area contributed by atoms with Gasteiger partial charge in [0, 0.05) is 38.0 Å². The van der Waals surface area contributed by atoms with E-state index < -0.39 is 10.0 Å². The van der Waals surface area contributed by atoms with E-state index in [2.05, 4.69) is 10.2 Å². The molecule has 27 heavy (non-hydrogen) atoms. The van der Waals surface area contributed by atoms with Crippen LogP contribution in [0.4, 0.5) is 5.69 Å². The smallest absolute Gasteiger partial charge is 0.251 e. The van der Waals surface area contributed by atoms with E-state index in [-0.39, 0.29) is 16.9 Å². The van der Waals surface area contributed by atoms with Crippen LogP contribution >= 0.6 is 0 Å². The van der Waals surface area contributed by atoms with E-state index in [0.717, 1.165) is 30.8 Å². The quantitative estimate of drug-likeness (QED) is 0.779. The highest BCUT2D eigenvalue weighted by Gasteiger charge is 2.22. The highest BCUT2D eigenvalue weighted by atomic mass is 32.2. The lowest BCUT2D eigenvalue weighted by molar-refractivity contribution is 0.0951. The Balaban J connectivity index is 1.57. The van der Waals surface area contributed by atoms with Crippen molar-refractivity contribution >= 4 is 21.6 Å². The van der Waals surface area contributed by atoms with Gasteiger partial charge in [0.05, 0.1) is 11.0 Å². The number of amides is 1. The fourth-order valence-electron chi connectivity index (χ4n) is 3.06. The number of ether oxygens (including phenoxy) is 1. The average molecular weight is 389 g/mol. The SMILES string of the molecule is CO[C@H]1CCN(c2ccc(C(=O)NCc3ccc(S(N)(=O)=O)cc3)cc2)C1. The zero-order chi connectivity index (χ0) is 19.4. The molecule has 1 fully saturated rings. The molecule has 1 aliphatic heterocycles. The van der Waals surface area contributed by atoms with E-state index in [1.54, 1.807) is 31.4 Å². The minimum atomic E-state index is -3.71. The molecule has 1 heterocycles. The normalized spacial score (nSPS) is 17.1. The van der Waals surface area contributed by atoms with Gasteiger partial charge in [-0.3, -0.25) is 4.79 Å². The van der Waals surface area contributed by atoms with Crippen LogP contribution in [0.5, 0.6) is 0 Å². The third-order valence-electron chi connectivity index (χ3n) is 4.68. The van der Waals surface area contributed by atoms with Gasteiger partial charge < -0.3 is 15.0 Å². The molecule has 1 atom stereocenters. The van der Waals surface area contributed by atoms with E-state index in [0.29, 0.717) is 12.1 Å². The summed E-state index contributed by atoms with van der Waals surface area (Å²) in [7, 11) is -1.98. The lowest BCUT2D eigenvalue weighted by Crippen LogP contribution is -2.24. The number of hydrogen-bond donors (Lipinski definition) is 2. The van der Waals surface area contributed by atoms with Gasteiger partial charge in [-0.25, -0.2) is 13.6 Å². The fraction of sp³-hybridized carbons (Fsp3) is 0.316. The molecule has 0 unspecified atom stereocenters. The fourth-order valence-corrected chi connectivity index (χ4v) is 3.58. The molecule has 0 aromatic heterocycles. The molecule has 3 N–H and O–H groups in total. The first-order valence-electron chi connectivity index (χ1n) is 8.64. The Hall–Kier alpha value is -2.42. The number of rotatable bonds is 6. The van der Waals surface area contributed by atoms with Crippen LogP contribution in [0.25, 0.3) is 0 Å². The van der Waals surface area contributed by atoms with Crippen LogP contribution in [0.1, 0.15) is 22.3 Å². The van der Waals surface area contributed by atoms with Crippen molar-refractivity contribution < 1.29 is 17.9 Å². The molecular formula is C19H23N3O4S. The summed E-state index contributed by atoms with van der Waals surface area (Å²) in [6.45, 7) is 2.10. The number of primary sulfonamides is 1. The molecule has 8 heteroatoms. The Morgan fingerprint density at radius 2 is 1.85 bits per heavy atom. The van der Waals surface area contributed by atoms with Crippen molar-refractivity contribution in [1.82, 2.24) is 5.32 Å². The number of carbonyl (C=O) groups is 1. The van der Waals surface area contributed by atoms with Crippen LogP contribution in [0.3, 0.4) is 0 Å². The van der Waals surface area contributed by atoms with Crippen molar-refractivity contribution in [2.24, 2.45) is 5.14 Å². The van der Waals surface area contributed by atoms with Gasteiger partial charge in [-0.05, 0) is 48.4 Å². The maximum absolute atomic E-state index is 12.3. The summed E-state index contributed by atoms with van der Waals surface area (Å²) < 4.78 is 27.9. The number of methoxy groups -OCH3 is 1. The minimum Gasteiger partial charge on any atom is -0.380 e. The molecule has 0 saturated carbocycles. The van der Waals surface area contributed by atoms with E-state index in [9.17, 15) is 13.2 Å². The summed E-state index contributed by atoms with van der Waals surface area (Å²) in [4.78, 5) is 14.6. The van der Waals surface area contributed by atoms with Crippen LogP contribution in [0.15, 0.2) is 53.4 Å². The molecule has 3 rings (SSSR count). The second-order valence-corrected chi connectivity index (χ2v) is 8.07. The summed E-state index contributed by atoms with van der Waals surface area (Å²) in [5.74, 6) is -0.187. The highest BCUT2D eigenvalue weighted by Crippen LogP contribution is 2.22. The molecule has 1 saturated heterocycles. The number of nitrogens with one attached hydrogen (secondary N) is 1. The summed E-state index contributed by atoms with van der Waals surface area (Å²) in [5.41, 5.74) is 2.43. The largest absolute Gasteiger partial charge is 0.380 e. The molecule has 0 aliphatic carbocycles. The number of sulfonamides is 1. The summed E-state index contributed by atoms with van der Waals surface area (Å²) in [6, 6.07) is 13.6. The maximum atomic E-state index is 12.3. The Morgan fingerprint density at radius 1 is 1.19 bits per heavy atom. The van der Waals surface area contributed by atoms with Crippen molar-refractivity contribution in [2.45, 2.75) is 24.0 Å². The predicted molar refractivity (Wildman–Crippen MR) is 103 cm³/mol. The third-order valence-corrected chi connectivity index (χ3v) is 5.61. The summed E-state index contributed by atoms with van der Waals surface area (Å²) >= 11 is 0. The van der Waals surface area contributed by atoms with Gasteiger partial charge in [-0.1, -0.05) is 12.1 Å². The van der Waals surface area contributed by atoms with Crippen LogP contribution in [0.2, 0.25) is 0 Å². The molecule has 2 aromatic rings. The molecule has 0 spiro atoms. The zero-order valence-electron chi connectivity index (χ0n) is 15.1. The number of anilines is 1. The van der Waals surface area contributed by atoms with Crippen molar-refractivity contribution in [1.29, 1.82) is 0 Å². The molecular weight excluding hydrogens is 366 g/mol. The number of nitrogens with two attached hydrogens (primary N) is 1. The Kier molecular flexibility index (Phi) is 5.79. The van der Waals surface area contributed by atoms with Crippen LogP contribution in [-0.2, 0) is 21.3 Å². The van der Waals surface area contributed by atoms with Crippen LogP contribution < -0.4 is 15.4 Å². The first-order chi connectivity index (χ1) is 12.9. The lowest BCUT2D eigenvalue weighted by atomic mass is 10.1. The molecule has 1 amide bonds. The zero-order valence-corrected chi connectivity index (χ0v) is 15.9. The summed E-state index contributed by atoms with van der Waals surface area (Å²) in [6.07, 6.45) is 1.26. The van der Waals surface area contributed by atoms with E-state index >= 15 is 0 Å². The van der Waals surface area contributed by atoms with Gasteiger partial charge in [0.1, 0.15) is 0 Å². The molecule has 1 aliphatic rings. The van der Waals surface area contributed by atoms with Crippen molar-refractivity contribution in [2.75, 3.05) is 25.1 Å². The lowest BCUT2D eigenvalue weighted by Gasteiger charge is -2.18. The molecule has 7 nitrogen and oxygen atoms in total. The highest BCUT2D eigenvalue weighted by molar-refractivity contribution is 7.89. The van der Waals surface area contributed by atoms with E-state index in [1.165, 1.54) is 12.1 Å². The molecule has 0 bridgehead atoms. The van der Waals surface area contributed by atoms with Gasteiger partial charge >= 0.3 is 0 Å². The van der Waals surface area contributed by atoms with Gasteiger partial charge in [-0.2, -0.15) is 0 Å². The average Bonchev–Trinajstić information content (AvgIpc) is 3.15. The second-order valence-electron chi connectivity index (χ2n) is 6.51. The number of nitrogens with zero attached hydrogens (tertiary/aromatic N) is 1. The monoisotopic (exact) mass is 389 g/mol. The number of hydrogen-bond acceptors (Lipinski definition) is 5. The first kappa shape index (κ1) is 19.3. The predicted octanol–water partition coefficient (Wildman–Crippen LogP) is 1.49. The van der Waals surface area contributed by atoms with Gasteiger partial charge in [0.15, 0.2) is 0 Å². The Morgan fingerprint density at radius 3 is 2.41 bits per heavy atom. The number of benzene rings is 2. The first-order valence-corrected chi connectivity index (χ1v) is 10.2. The topological polar surface area (TPSA) is 102 Å². The second kappa shape index (κ2) is 8.08. The third kappa shape index (κ3) is 4.85. The van der Waals surface area contributed by atoms with E-state index in [1.807, 2.05) is 12.1 Å². The van der Waals surface area contributed by atoms with Gasteiger partial charge in [-0.15, -0.1) is 0 Å². The number of carbonyl (C=O) groups excluding carboxylic acids is 1. The minimum absolute atomic E-state index is 0.0470. The standard InChI is InChI=1S/C19H23N3O4S/c1-26-17-10-11-22(13-17)16-6-4-15(5-7-16)19(23)21-12-14-2-8-18(9-3-14)27(20,24)25/h2-9,17H,10-13H2,1H3,(H,21,23)(H2,20,24,25)/t17-/m0/s1. The molecule has 144 valence electrons. The van der Waals surface area contributed by atoms with Crippen molar-refractivity contribution in [3.8, 4) is 0 Å². The van der Waals surface area contributed by atoms with Crippen molar-refractivity contribution in [3.63, 3.8) is 0 Å².